The van der Waals surface area contributed by atoms with E-state index >= 15 is 0 Å². The Balaban J connectivity index is 0.00000242. The topological polar surface area (TPSA) is 107 Å². The zero-order chi connectivity index (χ0) is 15.2. The highest BCUT2D eigenvalue weighted by Gasteiger charge is 2.20. The van der Waals surface area contributed by atoms with Gasteiger partial charge in [-0.15, -0.1) is 12.4 Å². The number of amides is 1. The summed E-state index contributed by atoms with van der Waals surface area (Å²) in [5, 5.41) is 13.5. The Hall–Kier alpha value is -1.86. The first-order chi connectivity index (χ1) is 10.0. The van der Waals surface area contributed by atoms with Crippen LogP contribution in [0.1, 0.15) is 25.7 Å². The number of hydrogen-bond donors (Lipinski definition) is 2. The van der Waals surface area contributed by atoms with Crippen molar-refractivity contribution in [2.45, 2.75) is 37.8 Å². The number of nitrogens with one attached hydrogen (secondary N) is 1. The van der Waals surface area contributed by atoms with Gasteiger partial charge >= 0.3 is 0 Å². The second kappa shape index (κ2) is 8.55. The number of halogens is 1. The van der Waals surface area contributed by atoms with Crippen LogP contribution in [0.4, 0.5) is 5.69 Å². The molecule has 8 heteroatoms. The highest BCUT2D eigenvalue weighted by molar-refractivity contribution is 5.85. The number of benzene rings is 1. The van der Waals surface area contributed by atoms with Gasteiger partial charge in [-0.2, -0.15) is 0 Å². The average molecular weight is 330 g/mol. The van der Waals surface area contributed by atoms with Crippen molar-refractivity contribution in [3.63, 3.8) is 0 Å². The van der Waals surface area contributed by atoms with E-state index in [1.54, 1.807) is 6.07 Å². The number of nitrogens with zero attached hydrogens (tertiary/aromatic N) is 1. The maximum Gasteiger partial charge on any atom is 0.273 e. The van der Waals surface area contributed by atoms with Crippen LogP contribution in [-0.2, 0) is 4.79 Å². The predicted octanol–water partition coefficient (Wildman–Crippen LogP) is 1.78. The third-order valence-corrected chi connectivity index (χ3v) is 3.54. The van der Waals surface area contributed by atoms with E-state index in [9.17, 15) is 14.9 Å². The fourth-order valence-corrected chi connectivity index (χ4v) is 2.37. The van der Waals surface area contributed by atoms with Gasteiger partial charge in [-0.05, 0) is 31.7 Å². The summed E-state index contributed by atoms with van der Waals surface area (Å²) in [7, 11) is 0. The van der Waals surface area contributed by atoms with Crippen molar-refractivity contribution in [2.24, 2.45) is 5.73 Å². The summed E-state index contributed by atoms with van der Waals surface area (Å²) in [6.45, 7) is -0.149. The lowest BCUT2D eigenvalue weighted by atomic mass is 9.92. The number of carbonyl (C=O) groups excluding carboxylic acids is 1. The van der Waals surface area contributed by atoms with Crippen LogP contribution in [0.15, 0.2) is 24.3 Å². The number of hydrogen-bond acceptors (Lipinski definition) is 5. The number of nitro groups is 1. The Morgan fingerprint density at radius 2 is 2.05 bits per heavy atom. The van der Waals surface area contributed by atoms with Crippen molar-refractivity contribution < 1.29 is 14.5 Å². The molecule has 0 unspecified atom stereocenters. The summed E-state index contributed by atoms with van der Waals surface area (Å²) >= 11 is 0. The molecule has 0 atom stereocenters. The van der Waals surface area contributed by atoms with Crippen LogP contribution < -0.4 is 15.8 Å². The van der Waals surface area contributed by atoms with Crippen molar-refractivity contribution in [2.75, 3.05) is 6.61 Å². The summed E-state index contributed by atoms with van der Waals surface area (Å²) < 4.78 is 5.28. The van der Waals surface area contributed by atoms with Crippen LogP contribution in [0.2, 0.25) is 0 Å². The molecule has 0 saturated heterocycles. The van der Waals surface area contributed by atoms with E-state index in [4.69, 9.17) is 10.5 Å². The molecule has 0 spiro atoms. The molecule has 2 rings (SSSR count). The minimum absolute atomic E-state index is 0. The largest absolute Gasteiger partial charge is 0.484 e. The Morgan fingerprint density at radius 3 is 2.68 bits per heavy atom. The SMILES string of the molecule is Cl.NC1CCC(NC(=O)COc2cccc([N+](=O)[O-])c2)CC1. The maximum absolute atomic E-state index is 11.8. The fourth-order valence-electron chi connectivity index (χ4n) is 2.37. The Kier molecular flexibility index (Phi) is 7.07. The number of non-ortho nitro benzene ring substituents is 1. The van der Waals surface area contributed by atoms with E-state index in [1.807, 2.05) is 0 Å². The molecular formula is C14H20ClN3O4. The molecule has 3 N–H and O–H groups in total. The van der Waals surface area contributed by atoms with Crippen molar-refractivity contribution in [1.29, 1.82) is 0 Å². The zero-order valence-corrected chi connectivity index (χ0v) is 12.9. The van der Waals surface area contributed by atoms with Gasteiger partial charge in [0.15, 0.2) is 6.61 Å². The van der Waals surface area contributed by atoms with Gasteiger partial charge in [-0.1, -0.05) is 6.07 Å². The molecule has 0 bridgehead atoms. The van der Waals surface area contributed by atoms with Gasteiger partial charge in [-0.25, -0.2) is 0 Å². The Labute approximate surface area is 134 Å². The molecule has 1 amide bonds. The van der Waals surface area contributed by atoms with Gasteiger partial charge in [0.05, 0.1) is 11.0 Å². The minimum atomic E-state index is -0.502. The predicted molar refractivity (Wildman–Crippen MR) is 84.2 cm³/mol. The first-order valence-electron chi connectivity index (χ1n) is 6.97. The van der Waals surface area contributed by atoms with Gasteiger partial charge in [0.2, 0.25) is 0 Å². The monoisotopic (exact) mass is 329 g/mol. The van der Waals surface area contributed by atoms with Gasteiger partial charge in [0.1, 0.15) is 5.75 Å². The molecule has 1 aromatic carbocycles. The lowest BCUT2D eigenvalue weighted by molar-refractivity contribution is -0.384. The summed E-state index contributed by atoms with van der Waals surface area (Å²) in [6, 6.07) is 6.16. The molecule has 1 aromatic rings. The molecule has 1 saturated carbocycles. The van der Waals surface area contributed by atoms with E-state index in [-0.39, 0.29) is 42.7 Å². The molecule has 0 aliphatic heterocycles. The number of carbonyl (C=O) groups is 1. The smallest absolute Gasteiger partial charge is 0.273 e. The molecule has 122 valence electrons. The second-order valence-corrected chi connectivity index (χ2v) is 5.22. The molecule has 0 heterocycles. The normalized spacial score (nSPS) is 20.6. The minimum Gasteiger partial charge on any atom is -0.484 e. The van der Waals surface area contributed by atoms with Crippen molar-refractivity contribution >= 4 is 24.0 Å². The molecule has 1 aliphatic carbocycles. The molecular weight excluding hydrogens is 310 g/mol. The number of nitro benzene ring substituents is 1. The number of ether oxygens (including phenoxy) is 1. The van der Waals surface area contributed by atoms with Crippen LogP contribution in [0.25, 0.3) is 0 Å². The van der Waals surface area contributed by atoms with Gasteiger partial charge < -0.3 is 15.8 Å². The van der Waals surface area contributed by atoms with Crippen LogP contribution in [0.5, 0.6) is 5.75 Å². The summed E-state index contributed by atoms with van der Waals surface area (Å²) in [5.41, 5.74) is 5.75. The first-order valence-corrected chi connectivity index (χ1v) is 6.97. The first kappa shape index (κ1) is 18.2. The van der Waals surface area contributed by atoms with E-state index in [2.05, 4.69) is 5.32 Å². The van der Waals surface area contributed by atoms with Crippen molar-refractivity contribution in [3.8, 4) is 5.75 Å². The van der Waals surface area contributed by atoms with Crippen molar-refractivity contribution in [3.05, 3.63) is 34.4 Å². The lowest BCUT2D eigenvalue weighted by Gasteiger charge is -2.26. The molecule has 22 heavy (non-hydrogen) atoms. The summed E-state index contributed by atoms with van der Waals surface area (Å²) in [5.74, 6) is 0.0898. The van der Waals surface area contributed by atoms with E-state index in [0.717, 1.165) is 25.7 Å². The summed E-state index contributed by atoms with van der Waals surface area (Å²) in [4.78, 5) is 21.9. The maximum atomic E-state index is 11.8. The van der Waals surface area contributed by atoms with Crippen LogP contribution >= 0.6 is 12.4 Å². The lowest BCUT2D eigenvalue weighted by Crippen LogP contribution is -2.42. The number of nitrogens with two attached hydrogens (primary N) is 1. The van der Waals surface area contributed by atoms with Gasteiger partial charge in [-0.3, -0.25) is 14.9 Å². The van der Waals surface area contributed by atoms with Gasteiger partial charge in [0.25, 0.3) is 11.6 Å². The van der Waals surface area contributed by atoms with Crippen LogP contribution in [-0.4, -0.2) is 29.5 Å². The van der Waals surface area contributed by atoms with Crippen molar-refractivity contribution in [1.82, 2.24) is 5.32 Å². The number of rotatable bonds is 5. The molecule has 0 radical (unpaired) electrons. The van der Waals surface area contributed by atoms with Gasteiger partial charge in [0, 0.05) is 18.2 Å². The third-order valence-electron chi connectivity index (χ3n) is 3.54. The quantitative estimate of drug-likeness (QED) is 0.632. The van der Waals surface area contributed by atoms with Crippen LogP contribution in [0, 0.1) is 10.1 Å². The third kappa shape index (κ3) is 5.50. The molecule has 7 nitrogen and oxygen atoms in total. The Bertz CT molecular complexity index is 519. The Morgan fingerprint density at radius 1 is 1.36 bits per heavy atom. The standard InChI is InChI=1S/C14H19N3O4.ClH/c15-10-4-6-11(7-5-10)16-14(18)9-21-13-3-1-2-12(8-13)17(19)20;/h1-3,8,10-11H,4-7,9,15H2,(H,16,18);1H. The van der Waals surface area contributed by atoms with Crippen LogP contribution in [0.3, 0.4) is 0 Å². The zero-order valence-electron chi connectivity index (χ0n) is 12.1. The highest BCUT2D eigenvalue weighted by Crippen LogP contribution is 2.19. The molecule has 1 aliphatic rings. The van der Waals surface area contributed by atoms with E-state index in [0.29, 0.717) is 5.75 Å². The van der Waals surface area contributed by atoms with E-state index < -0.39 is 4.92 Å². The van der Waals surface area contributed by atoms with E-state index in [1.165, 1.54) is 18.2 Å². The summed E-state index contributed by atoms with van der Waals surface area (Å²) in [6.07, 6.45) is 3.58. The fraction of sp³-hybridized carbons (Fsp3) is 0.500. The molecule has 0 aromatic heterocycles. The highest BCUT2D eigenvalue weighted by atomic mass is 35.5. The second-order valence-electron chi connectivity index (χ2n) is 5.22. The average Bonchev–Trinajstić information content (AvgIpc) is 2.48. The molecule has 1 fully saturated rings.